The average molecular weight is 213 g/mol. The molecular weight excluding hydrogens is 198 g/mol. The Balaban J connectivity index is 2.70. The molecule has 0 radical (unpaired) electrons. The van der Waals surface area contributed by atoms with E-state index in [1.807, 2.05) is 0 Å². The highest BCUT2D eigenvalue weighted by Gasteiger charge is 2.29. The Hall–Kier alpha value is -0.770. The Morgan fingerprint density at radius 2 is 2.29 bits per heavy atom. The van der Waals surface area contributed by atoms with Gasteiger partial charge in [-0.1, -0.05) is 0 Å². The summed E-state index contributed by atoms with van der Waals surface area (Å²) in [5.74, 6) is 1.11. The molecule has 78 valence electrons. The van der Waals surface area contributed by atoms with Gasteiger partial charge in [-0.15, -0.1) is 0 Å². The fourth-order valence-corrected chi connectivity index (χ4v) is 1.86. The summed E-state index contributed by atoms with van der Waals surface area (Å²) in [6, 6.07) is 0. The van der Waals surface area contributed by atoms with Gasteiger partial charge in [-0.05, 0) is 25.5 Å². The number of allylic oxidation sites excluding steroid dienone is 2. The lowest BCUT2D eigenvalue weighted by atomic mass is 10.1. The number of hydrogen-bond acceptors (Lipinski definition) is 3. The minimum absolute atomic E-state index is 0.0235. The number of thiol groups is 1. The molecule has 3 nitrogen and oxygen atoms in total. The first-order valence-electron chi connectivity index (χ1n) is 4.64. The zero-order chi connectivity index (χ0) is 10.7. The lowest BCUT2D eigenvalue weighted by Crippen LogP contribution is -2.23. The number of ketones is 1. The second kappa shape index (κ2) is 4.64. The third kappa shape index (κ3) is 2.61. The van der Waals surface area contributed by atoms with Crippen LogP contribution in [-0.4, -0.2) is 28.9 Å². The minimum Gasteiger partial charge on any atom is -0.316 e. The molecule has 0 spiro atoms. The highest BCUT2D eigenvalue weighted by molar-refractivity contribution is 7.80. The van der Waals surface area contributed by atoms with E-state index >= 15 is 0 Å². The van der Waals surface area contributed by atoms with Crippen molar-refractivity contribution in [2.45, 2.75) is 20.3 Å². The van der Waals surface area contributed by atoms with Crippen molar-refractivity contribution in [2.24, 2.45) is 5.92 Å². The summed E-state index contributed by atoms with van der Waals surface area (Å²) in [5, 5.41) is 0. The van der Waals surface area contributed by atoms with Crippen LogP contribution in [0.4, 0.5) is 0 Å². The molecule has 1 rings (SSSR count). The maximum absolute atomic E-state index is 11.5. The number of carbonyl (C=O) groups is 2. The second-order valence-corrected chi connectivity index (χ2v) is 4.02. The number of likely N-dealkylation sites (tertiary alicyclic amines) is 1. The van der Waals surface area contributed by atoms with E-state index in [9.17, 15) is 9.59 Å². The Morgan fingerprint density at radius 1 is 1.64 bits per heavy atom. The molecule has 1 aliphatic rings. The quantitative estimate of drug-likeness (QED) is 0.566. The van der Waals surface area contributed by atoms with Crippen LogP contribution in [0.5, 0.6) is 0 Å². The van der Waals surface area contributed by atoms with Crippen LogP contribution in [0.1, 0.15) is 20.3 Å². The highest BCUT2D eigenvalue weighted by Crippen LogP contribution is 2.22. The smallest absolute Gasteiger partial charge is 0.227 e. The van der Waals surface area contributed by atoms with E-state index in [-0.39, 0.29) is 11.7 Å². The van der Waals surface area contributed by atoms with Crippen LogP contribution in [0.15, 0.2) is 11.8 Å². The predicted octanol–water partition coefficient (Wildman–Crippen LogP) is 1.26. The van der Waals surface area contributed by atoms with Gasteiger partial charge < -0.3 is 4.90 Å². The maximum Gasteiger partial charge on any atom is 0.227 e. The summed E-state index contributed by atoms with van der Waals surface area (Å²) in [4.78, 5) is 24.0. The number of amides is 1. The van der Waals surface area contributed by atoms with Gasteiger partial charge in [0.05, 0.1) is 0 Å². The molecule has 1 unspecified atom stereocenters. The van der Waals surface area contributed by atoms with Crippen molar-refractivity contribution in [1.29, 1.82) is 0 Å². The van der Waals surface area contributed by atoms with Crippen molar-refractivity contribution < 1.29 is 9.59 Å². The SMILES string of the molecule is CC(=O)C=C(C)N1CC(CS)CC1=O. The molecule has 1 saturated heterocycles. The van der Waals surface area contributed by atoms with Crippen molar-refractivity contribution in [3.05, 3.63) is 11.8 Å². The van der Waals surface area contributed by atoms with Crippen LogP contribution in [0, 0.1) is 5.92 Å². The number of nitrogens with zero attached hydrogens (tertiary/aromatic N) is 1. The zero-order valence-electron chi connectivity index (χ0n) is 8.49. The summed E-state index contributed by atoms with van der Waals surface area (Å²) in [5.41, 5.74) is 0.742. The van der Waals surface area contributed by atoms with Crippen molar-refractivity contribution in [3.63, 3.8) is 0 Å². The Morgan fingerprint density at radius 3 is 2.71 bits per heavy atom. The van der Waals surface area contributed by atoms with Crippen molar-refractivity contribution in [2.75, 3.05) is 12.3 Å². The predicted molar refractivity (Wildman–Crippen MR) is 58.1 cm³/mol. The molecule has 14 heavy (non-hydrogen) atoms. The van der Waals surface area contributed by atoms with E-state index in [4.69, 9.17) is 0 Å². The minimum atomic E-state index is -0.0235. The first-order chi connectivity index (χ1) is 6.54. The van der Waals surface area contributed by atoms with E-state index in [0.29, 0.717) is 18.9 Å². The highest BCUT2D eigenvalue weighted by atomic mass is 32.1. The summed E-state index contributed by atoms with van der Waals surface area (Å²) in [6.45, 7) is 3.97. The van der Waals surface area contributed by atoms with Crippen LogP contribution in [0.2, 0.25) is 0 Å². The lowest BCUT2D eigenvalue weighted by Gasteiger charge is -2.16. The molecule has 4 heteroatoms. The molecule has 1 atom stereocenters. The second-order valence-electron chi connectivity index (χ2n) is 3.65. The molecular formula is C10H15NO2S. The van der Waals surface area contributed by atoms with E-state index in [1.165, 1.54) is 13.0 Å². The molecule has 0 aromatic heterocycles. The third-order valence-corrected chi connectivity index (χ3v) is 2.82. The molecule has 0 aliphatic carbocycles. The molecule has 0 aromatic carbocycles. The van der Waals surface area contributed by atoms with E-state index in [1.54, 1.807) is 11.8 Å². The molecule has 1 amide bonds. The van der Waals surface area contributed by atoms with Crippen molar-refractivity contribution in [3.8, 4) is 0 Å². The van der Waals surface area contributed by atoms with E-state index < -0.39 is 0 Å². The normalized spacial score (nSPS) is 23.1. The largest absolute Gasteiger partial charge is 0.316 e. The topological polar surface area (TPSA) is 37.4 Å². The monoisotopic (exact) mass is 213 g/mol. The van der Waals surface area contributed by atoms with Crippen LogP contribution < -0.4 is 0 Å². The Bertz CT molecular complexity index is 286. The summed E-state index contributed by atoms with van der Waals surface area (Å²) >= 11 is 4.17. The Labute approximate surface area is 89.6 Å². The Kier molecular flexibility index (Phi) is 3.75. The van der Waals surface area contributed by atoms with Crippen LogP contribution >= 0.6 is 12.6 Å². The third-order valence-electron chi connectivity index (χ3n) is 2.30. The fourth-order valence-electron chi connectivity index (χ4n) is 1.62. The van der Waals surface area contributed by atoms with Gasteiger partial charge >= 0.3 is 0 Å². The van der Waals surface area contributed by atoms with Gasteiger partial charge in [0, 0.05) is 24.7 Å². The summed E-state index contributed by atoms with van der Waals surface area (Å²) in [7, 11) is 0. The maximum atomic E-state index is 11.5. The zero-order valence-corrected chi connectivity index (χ0v) is 9.38. The first-order valence-corrected chi connectivity index (χ1v) is 5.28. The standard InChI is InChI=1S/C10H15NO2S/c1-7(3-8(2)12)11-5-9(6-14)4-10(11)13/h3,9,14H,4-6H2,1-2H3. The van der Waals surface area contributed by atoms with Gasteiger partial charge in [0.1, 0.15) is 0 Å². The van der Waals surface area contributed by atoms with Crippen LogP contribution in [0.25, 0.3) is 0 Å². The molecule has 0 N–H and O–H groups in total. The molecule has 1 fully saturated rings. The van der Waals surface area contributed by atoms with E-state index in [2.05, 4.69) is 12.6 Å². The first kappa shape index (κ1) is 11.3. The summed E-state index contributed by atoms with van der Waals surface area (Å²) in [6.07, 6.45) is 2.05. The lowest BCUT2D eigenvalue weighted by molar-refractivity contribution is -0.126. The number of hydrogen-bond donors (Lipinski definition) is 1. The molecule has 0 bridgehead atoms. The van der Waals surface area contributed by atoms with Gasteiger partial charge in [0.25, 0.3) is 0 Å². The van der Waals surface area contributed by atoms with Gasteiger partial charge in [-0.2, -0.15) is 12.6 Å². The van der Waals surface area contributed by atoms with Crippen molar-refractivity contribution >= 4 is 24.3 Å². The van der Waals surface area contributed by atoms with Gasteiger partial charge in [0.2, 0.25) is 5.91 Å². The van der Waals surface area contributed by atoms with Crippen LogP contribution in [0.3, 0.4) is 0 Å². The average Bonchev–Trinajstić information content (AvgIpc) is 2.45. The molecule has 0 aromatic rings. The van der Waals surface area contributed by atoms with Gasteiger partial charge in [-0.3, -0.25) is 9.59 Å². The van der Waals surface area contributed by atoms with Crippen molar-refractivity contribution in [1.82, 2.24) is 4.90 Å². The van der Waals surface area contributed by atoms with Crippen LogP contribution in [-0.2, 0) is 9.59 Å². The molecule has 1 heterocycles. The molecule has 0 saturated carbocycles. The fraction of sp³-hybridized carbons (Fsp3) is 0.600. The summed E-state index contributed by atoms with van der Waals surface area (Å²) < 4.78 is 0. The van der Waals surface area contributed by atoms with Gasteiger partial charge in [-0.25, -0.2) is 0 Å². The van der Waals surface area contributed by atoms with E-state index in [0.717, 1.165) is 11.4 Å². The number of carbonyl (C=O) groups excluding carboxylic acids is 2. The van der Waals surface area contributed by atoms with Gasteiger partial charge in [0.15, 0.2) is 5.78 Å². The molecule has 1 aliphatic heterocycles. The number of rotatable bonds is 3.